The summed E-state index contributed by atoms with van der Waals surface area (Å²) in [6.45, 7) is 3.75. The smallest absolute Gasteiger partial charge is 0.243 e. The van der Waals surface area contributed by atoms with E-state index in [-0.39, 0.29) is 5.91 Å². The van der Waals surface area contributed by atoms with Crippen LogP contribution in [0.15, 0.2) is 42.5 Å². The van der Waals surface area contributed by atoms with Crippen LogP contribution in [0.4, 0.5) is 5.69 Å². The molecule has 2 aromatic rings. The lowest BCUT2D eigenvalue weighted by atomic mass is 10.1. The van der Waals surface area contributed by atoms with Crippen molar-refractivity contribution >= 4 is 44.8 Å². The van der Waals surface area contributed by atoms with Crippen LogP contribution in [-0.4, -0.2) is 33.2 Å². The Balaban J connectivity index is 2.06. The van der Waals surface area contributed by atoms with E-state index in [0.29, 0.717) is 34.3 Å². The van der Waals surface area contributed by atoms with Crippen molar-refractivity contribution in [1.29, 1.82) is 0 Å². The predicted molar refractivity (Wildman–Crippen MR) is 116 cm³/mol. The first kappa shape index (κ1) is 22.5. The van der Waals surface area contributed by atoms with Gasteiger partial charge in [0.1, 0.15) is 6.04 Å². The highest BCUT2D eigenvalue weighted by Crippen LogP contribution is 2.28. The fourth-order valence-electron chi connectivity index (χ4n) is 2.94. The molecule has 0 aromatic heterocycles. The van der Waals surface area contributed by atoms with Gasteiger partial charge in [-0.25, -0.2) is 8.42 Å². The molecule has 2 rings (SSSR count). The van der Waals surface area contributed by atoms with Gasteiger partial charge in [-0.2, -0.15) is 0 Å². The molecule has 0 radical (unpaired) electrons. The van der Waals surface area contributed by atoms with Crippen molar-refractivity contribution in [3.05, 3.63) is 63.6 Å². The first-order valence-corrected chi connectivity index (χ1v) is 11.5. The zero-order valence-electron chi connectivity index (χ0n) is 16.1. The van der Waals surface area contributed by atoms with Crippen LogP contribution in [0.1, 0.15) is 24.5 Å². The third-order valence-electron chi connectivity index (χ3n) is 4.38. The molecule has 1 amide bonds. The van der Waals surface area contributed by atoms with Gasteiger partial charge in [0, 0.05) is 16.6 Å². The van der Waals surface area contributed by atoms with Crippen molar-refractivity contribution in [3.63, 3.8) is 0 Å². The Kier molecular flexibility index (Phi) is 7.75. The molecule has 0 aliphatic heterocycles. The Hall–Kier alpha value is -1.76. The summed E-state index contributed by atoms with van der Waals surface area (Å²) >= 11 is 12.2. The second-order valence-corrected chi connectivity index (χ2v) is 9.35. The van der Waals surface area contributed by atoms with Crippen LogP contribution in [0.25, 0.3) is 0 Å². The zero-order chi connectivity index (χ0) is 20.9. The molecule has 1 atom stereocenters. The predicted octanol–water partition coefficient (Wildman–Crippen LogP) is 4.21. The van der Waals surface area contributed by atoms with Crippen molar-refractivity contribution in [2.24, 2.45) is 0 Å². The van der Waals surface area contributed by atoms with Crippen molar-refractivity contribution in [2.75, 3.05) is 17.1 Å². The van der Waals surface area contributed by atoms with Gasteiger partial charge >= 0.3 is 0 Å². The monoisotopic (exact) mass is 442 g/mol. The number of anilines is 1. The minimum Gasteiger partial charge on any atom is -0.354 e. The van der Waals surface area contributed by atoms with E-state index in [9.17, 15) is 13.2 Å². The molecule has 8 heteroatoms. The summed E-state index contributed by atoms with van der Waals surface area (Å²) in [5, 5.41) is 3.91. The average Bonchev–Trinajstić information content (AvgIpc) is 2.61. The molecule has 2 aromatic carbocycles. The van der Waals surface area contributed by atoms with Crippen LogP contribution in [-0.2, 0) is 21.2 Å². The maximum Gasteiger partial charge on any atom is 0.243 e. The van der Waals surface area contributed by atoms with Gasteiger partial charge in [0.25, 0.3) is 0 Å². The van der Waals surface area contributed by atoms with E-state index in [2.05, 4.69) is 5.32 Å². The van der Waals surface area contributed by atoms with E-state index >= 15 is 0 Å². The summed E-state index contributed by atoms with van der Waals surface area (Å²) in [5.74, 6) is -0.371. The lowest BCUT2D eigenvalue weighted by molar-refractivity contribution is -0.121. The number of nitrogens with zero attached hydrogens (tertiary/aromatic N) is 1. The van der Waals surface area contributed by atoms with E-state index in [1.807, 2.05) is 24.3 Å². The zero-order valence-corrected chi connectivity index (χ0v) is 18.4. The van der Waals surface area contributed by atoms with Crippen molar-refractivity contribution < 1.29 is 13.2 Å². The molecule has 0 saturated heterocycles. The van der Waals surface area contributed by atoms with Gasteiger partial charge in [0.05, 0.1) is 11.9 Å². The third-order valence-corrected chi connectivity index (χ3v) is 6.21. The summed E-state index contributed by atoms with van der Waals surface area (Å²) in [7, 11) is -3.68. The Morgan fingerprint density at radius 2 is 1.86 bits per heavy atom. The number of benzene rings is 2. The van der Waals surface area contributed by atoms with Crippen LogP contribution >= 0.6 is 23.2 Å². The van der Waals surface area contributed by atoms with Crippen LogP contribution < -0.4 is 9.62 Å². The molecule has 1 unspecified atom stereocenters. The lowest BCUT2D eigenvalue weighted by Gasteiger charge is -2.29. The fraction of sp³-hybridized carbons (Fsp3) is 0.350. The van der Waals surface area contributed by atoms with Gasteiger partial charge in [-0.1, -0.05) is 47.5 Å². The number of rotatable bonds is 8. The van der Waals surface area contributed by atoms with Crippen LogP contribution in [0.2, 0.25) is 10.0 Å². The molecule has 0 bridgehead atoms. The molecule has 0 aliphatic carbocycles. The number of hydrogen-bond acceptors (Lipinski definition) is 3. The van der Waals surface area contributed by atoms with Gasteiger partial charge in [0.2, 0.25) is 15.9 Å². The Labute approximate surface area is 176 Å². The average molecular weight is 443 g/mol. The van der Waals surface area contributed by atoms with E-state index in [1.165, 1.54) is 0 Å². The first-order valence-electron chi connectivity index (χ1n) is 8.88. The van der Waals surface area contributed by atoms with E-state index in [0.717, 1.165) is 22.5 Å². The maximum absolute atomic E-state index is 12.6. The lowest BCUT2D eigenvalue weighted by Crippen LogP contribution is -2.48. The molecular weight excluding hydrogens is 419 g/mol. The van der Waals surface area contributed by atoms with Gasteiger partial charge in [0.15, 0.2) is 0 Å². The summed E-state index contributed by atoms with van der Waals surface area (Å²) in [6, 6.07) is 11.6. The molecule has 0 heterocycles. The van der Waals surface area contributed by atoms with E-state index in [1.54, 1.807) is 32.0 Å². The number of carbonyl (C=O) groups is 1. The highest BCUT2D eigenvalue weighted by Gasteiger charge is 2.30. The van der Waals surface area contributed by atoms with Gasteiger partial charge in [-0.15, -0.1) is 0 Å². The van der Waals surface area contributed by atoms with E-state index in [4.69, 9.17) is 23.2 Å². The largest absolute Gasteiger partial charge is 0.354 e. The number of nitrogens with one attached hydrogen (secondary N) is 1. The third kappa shape index (κ3) is 5.87. The van der Waals surface area contributed by atoms with E-state index < -0.39 is 16.1 Å². The molecule has 28 heavy (non-hydrogen) atoms. The van der Waals surface area contributed by atoms with Crippen LogP contribution in [0.3, 0.4) is 0 Å². The highest BCUT2D eigenvalue weighted by molar-refractivity contribution is 7.92. The highest BCUT2D eigenvalue weighted by atomic mass is 35.5. The summed E-state index contributed by atoms with van der Waals surface area (Å²) in [5.41, 5.74) is 2.13. The van der Waals surface area contributed by atoms with Crippen molar-refractivity contribution in [3.8, 4) is 0 Å². The van der Waals surface area contributed by atoms with Crippen LogP contribution in [0, 0.1) is 6.92 Å². The van der Waals surface area contributed by atoms with Crippen molar-refractivity contribution in [2.45, 2.75) is 32.7 Å². The molecule has 1 N–H and O–H groups in total. The maximum atomic E-state index is 12.6. The first-order chi connectivity index (χ1) is 13.1. The Morgan fingerprint density at radius 3 is 2.50 bits per heavy atom. The number of halogens is 2. The molecule has 5 nitrogen and oxygen atoms in total. The molecule has 0 aliphatic rings. The normalized spacial score (nSPS) is 12.5. The fourth-order valence-corrected chi connectivity index (χ4v) is 4.56. The van der Waals surface area contributed by atoms with Crippen LogP contribution in [0.5, 0.6) is 0 Å². The number of amides is 1. The second kappa shape index (κ2) is 9.63. The molecular formula is C20H24Cl2N2O3S. The molecule has 0 spiro atoms. The Bertz CT molecular complexity index is 948. The molecule has 152 valence electrons. The van der Waals surface area contributed by atoms with Gasteiger partial charge < -0.3 is 5.32 Å². The van der Waals surface area contributed by atoms with Gasteiger partial charge in [-0.05, 0) is 56.0 Å². The second-order valence-electron chi connectivity index (χ2n) is 6.65. The topological polar surface area (TPSA) is 66.5 Å². The number of aryl methyl sites for hydroxylation is 2. The SMILES string of the molecule is Cc1ccc(Cl)cc1N(C(C)C(=O)NCCCc1ccccc1Cl)S(C)(=O)=O. The number of sulfonamides is 1. The molecule has 0 saturated carbocycles. The minimum absolute atomic E-state index is 0.371. The van der Waals surface area contributed by atoms with Gasteiger partial charge in [-0.3, -0.25) is 9.10 Å². The summed E-state index contributed by atoms with van der Waals surface area (Å²) in [6.07, 6.45) is 2.49. The summed E-state index contributed by atoms with van der Waals surface area (Å²) in [4.78, 5) is 12.6. The Morgan fingerprint density at radius 1 is 1.18 bits per heavy atom. The minimum atomic E-state index is -3.68. The molecule has 0 fully saturated rings. The standard InChI is InChI=1S/C20H24Cl2N2O3S/c1-14-10-11-17(21)13-19(14)24(28(3,26)27)15(2)20(25)23-12-6-8-16-7-4-5-9-18(16)22/h4-5,7,9-11,13,15H,6,8,12H2,1-3H3,(H,23,25). The summed E-state index contributed by atoms with van der Waals surface area (Å²) < 4.78 is 25.9. The number of hydrogen-bond donors (Lipinski definition) is 1. The van der Waals surface area contributed by atoms with Crippen molar-refractivity contribution in [1.82, 2.24) is 5.32 Å². The quantitative estimate of drug-likeness (QED) is 0.622. The number of carbonyl (C=O) groups excluding carboxylic acids is 1.